The van der Waals surface area contributed by atoms with Crippen LogP contribution >= 0.6 is 11.6 Å². The fourth-order valence-corrected chi connectivity index (χ4v) is 3.39. The third-order valence-electron chi connectivity index (χ3n) is 5.48. The first kappa shape index (κ1) is 30.6. The highest BCUT2D eigenvalue weighted by Gasteiger charge is 2.30. The minimum Gasteiger partial charge on any atom is -0.478 e. The molecule has 0 spiro atoms. The monoisotopic (exact) mass is 584 g/mol. The molecule has 0 atom stereocenters. The van der Waals surface area contributed by atoms with Crippen LogP contribution in [0.1, 0.15) is 27.7 Å². The van der Waals surface area contributed by atoms with Gasteiger partial charge in [0.25, 0.3) is 0 Å². The van der Waals surface area contributed by atoms with Gasteiger partial charge in [-0.05, 0) is 94.4 Å². The van der Waals surface area contributed by atoms with Crippen molar-refractivity contribution in [1.82, 2.24) is 0 Å². The number of anilines is 4. The van der Waals surface area contributed by atoms with Gasteiger partial charge in [0.1, 0.15) is 11.5 Å². The topological polar surface area (TPSA) is 175 Å². The van der Waals surface area contributed by atoms with Crippen molar-refractivity contribution in [2.75, 3.05) is 21.3 Å². The lowest BCUT2D eigenvalue weighted by atomic mass is 10.1. The molecule has 0 aromatic heterocycles. The lowest BCUT2D eigenvalue weighted by molar-refractivity contribution is -0.152. The summed E-state index contributed by atoms with van der Waals surface area (Å²) in [6.45, 7) is 5.70. The maximum Gasteiger partial charge on any atom is 0.347 e. The molecule has 0 saturated carbocycles. The van der Waals surface area contributed by atoms with E-state index in [1.165, 1.54) is 64.1 Å². The summed E-state index contributed by atoms with van der Waals surface area (Å²) in [5.74, 6) is -1.57. The number of urea groups is 2. The van der Waals surface area contributed by atoms with Crippen molar-refractivity contribution >= 4 is 58.4 Å². The number of hydrogen-bond acceptors (Lipinski definition) is 6. The Hall–Kier alpha value is -4.97. The Labute approximate surface area is 240 Å². The molecule has 6 N–H and O–H groups in total. The lowest BCUT2D eigenvalue weighted by Gasteiger charge is -2.21. The Balaban J connectivity index is 1.52. The average Bonchev–Trinajstić information content (AvgIpc) is 2.87. The molecule has 12 nitrogen and oxygen atoms in total. The highest BCUT2D eigenvalue weighted by Crippen LogP contribution is 2.27. The Morgan fingerprint density at radius 3 is 1.37 bits per heavy atom. The van der Waals surface area contributed by atoms with Gasteiger partial charge in [0.15, 0.2) is 11.2 Å². The fourth-order valence-electron chi connectivity index (χ4n) is 3.16. The zero-order valence-corrected chi connectivity index (χ0v) is 23.3. The van der Waals surface area contributed by atoms with Gasteiger partial charge in [-0.25, -0.2) is 19.2 Å². The predicted molar refractivity (Wildman–Crippen MR) is 154 cm³/mol. The highest BCUT2D eigenvalue weighted by atomic mass is 35.5. The van der Waals surface area contributed by atoms with Crippen LogP contribution in [0.3, 0.4) is 0 Å². The van der Waals surface area contributed by atoms with Gasteiger partial charge in [-0.15, -0.1) is 0 Å². The highest BCUT2D eigenvalue weighted by molar-refractivity contribution is 6.34. The summed E-state index contributed by atoms with van der Waals surface area (Å²) in [5, 5.41) is 29.0. The molecular weight excluding hydrogens is 556 g/mol. The Kier molecular flexibility index (Phi) is 9.30. The number of ether oxygens (including phenoxy) is 2. The van der Waals surface area contributed by atoms with Crippen LogP contribution in [0.4, 0.5) is 32.3 Å². The quantitative estimate of drug-likeness (QED) is 0.165. The maximum absolute atomic E-state index is 12.4. The molecule has 216 valence electrons. The molecule has 4 amide bonds. The number of carboxylic acids is 2. The number of benzene rings is 3. The van der Waals surface area contributed by atoms with Crippen molar-refractivity contribution in [3.05, 3.63) is 71.8 Å². The molecule has 3 aromatic rings. The molecule has 0 heterocycles. The van der Waals surface area contributed by atoms with Gasteiger partial charge in [0.2, 0.25) is 0 Å². The van der Waals surface area contributed by atoms with Crippen LogP contribution in [0.5, 0.6) is 11.5 Å². The van der Waals surface area contributed by atoms with Crippen LogP contribution in [0.2, 0.25) is 5.02 Å². The number of halogens is 1. The average molecular weight is 585 g/mol. The maximum atomic E-state index is 12.4. The van der Waals surface area contributed by atoms with Crippen molar-refractivity contribution in [3.8, 4) is 11.5 Å². The van der Waals surface area contributed by atoms with E-state index in [0.29, 0.717) is 28.6 Å². The summed E-state index contributed by atoms with van der Waals surface area (Å²) in [6, 6.07) is 15.7. The van der Waals surface area contributed by atoms with E-state index in [1.54, 1.807) is 30.3 Å². The SMILES string of the molecule is CC(C)(Oc1ccc(NC(=O)Nc2ccc(NC(=O)Nc3ccc(OC(C)(C)C(=O)O)cc3)c(Cl)c2)cc1)C(=O)O. The van der Waals surface area contributed by atoms with E-state index in [4.69, 9.17) is 31.3 Å². The summed E-state index contributed by atoms with van der Waals surface area (Å²) in [6.07, 6.45) is 0. The molecule has 13 heteroatoms. The zero-order chi connectivity index (χ0) is 30.4. The van der Waals surface area contributed by atoms with Crippen LogP contribution in [0, 0.1) is 0 Å². The van der Waals surface area contributed by atoms with Crippen molar-refractivity contribution in [2.24, 2.45) is 0 Å². The van der Waals surface area contributed by atoms with Crippen molar-refractivity contribution < 1.29 is 38.9 Å². The normalized spacial score (nSPS) is 11.1. The number of carbonyl (C=O) groups excluding carboxylic acids is 2. The van der Waals surface area contributed by atoms with Crippen LogP contribution in [0.25, 0.3) is 0 Å². The van der Waals surface area contributed by atoms with Crippen molar-refractivity contribution in [3.63, 3.8) is 0 Å². The van der Waals surface area contributed by atoms with Gasteiger partial charge in [-0.3, -0.25) is 0 Å². The van der Waals surface area contributed by atoms with E-state index in [0.717, 1.165) is 0 Å². The molecule has 0 fully saturated rings. The minimum atomic E-state index is -1.41. The van der Waals surface area contributed by atoms with Gasteiger partial charge >= 0.3 is 24.0 Å². The molecule has 3 aromatic carbocycles. The van der Waals surface area contributed by atoms with E-state index >= 15 is 0 Å². The largest absolute Gasteiger partial charge is 0.478 e. The molecule has 0 aliphatic carbocycles. The summed E-state index contributed by atoms with van der Waals surface area (Å²) in [4.78, 5) is 47.2. The number of hydrogen-bond donors (Lipinski definition) is 6. The van der Waals surface area contributed by atoms with Gasteiger partial charge in [0.05, 0.1) is 10.7 Å². The molecular formula is C28H29ClN4O8. The first-order valence-corrected chi connectivity index (χ1v) is 12.5. The molecule has 41 heavy (non-hydrogen) atoms. The predicted octanol–water partition coefficient (Wildman–Crippen LogP) is 6.11. The molecule has 0 aliphatic heterocycles. The smallest absolute Gasteiger partial charge is 0.347 e. The lowest BCUT2D eigenvalue weighted by Crippen LogP contribution is -2.37. The third-order valence-corrected chi connectivity index (χ3v) is 5.79. The van der Waals surface area contributed by atoms with Gasteiger partial charge in [0, 0.05) is 17.1 Å². The Bertz CT molecular complexity index is 1440. The number of nitrogens with one attached hydrogen (secondary N) is 4. The number of aliphatic carboxylic acids is 2. The fraction of sp³-hybridized carbons (Fsp3) is 0.214. The molecule has 0 unspecified atom stereocenters. The number of carbonyl (C=O) groups is 4. The number of amides is 4. The van der Waals surface area contributed by atoms with Gasteiger partial charge < -0.3 is 41.0 Å². The summed E-state index contributed by atoms with van der Waals surface area (Å²) in [5.41, 5.74) is -1.29. The van der Waals surface area contributed by atoms with E-state index in [1.807, 2.05) is 0 Å². The summed E-state index contributed by atoms with van der Waals surface area (Å²) < 4.78 is 10.9. The Morgan fingerprint density at radius 2 is 0.976 bits per heavy atom. The second-order valence-corrected chi connectivity index (χ2v) is 10.1. The van der Waals surface area contributed by atoms with Crippen LogP contribution in [-0.2, 0) is 9.59 Å². The number of rotatable bonds is 10. The van der Waals surface area contributed by atoms with Crippen molar-refractivity contribution in [1.29, 1.82) is 0 Å². The van der Waals surface area contributed by atoms with E-state index in [-0.39, 0.29) is 10.7 Å². The third kappa shape index (κ3) is 8.77. The van der Waals surface area contributed by atoms with Crippen LogP contribution < -0.4 is 30.7 Å². The minimum absolute atomic E-state index is 0.167. The summed E-state index contributed by atoms with van der Waals surface area (Å²) in [7, 11) is 0. The number of carboxylic acid groups (broad SMARTS) is 2. The van der Waals surface area contributed by atoms with E-state index in [2.05, 4.69) is 21.3 Å². The van der Waals surface area contributed by atoms with Crippen molar-refractivity contribution in [2.45, 2.75) is 38.9 Å². The van der Waals surface area contributed by atoms with E-state index < -0.39 is 35.2 Å². The van der Waals surface area contributed by atoms with Crippen LogP contribution in [-0.4, -0.2) is 45.4 Å². The second-order valence-electron chi connectivity index (χ2n) is 9.74. The molecule has 0 radical (unpaired) electrons. The van der Waals surface area contributed by atoms with Crippen LogP contribution in [0.15, 0.2) is 66.7 Å². The second kappa shape index (κ2) is 12.5. The molecule has 0 aliphatic rings. The molecule has 0 bridgehead atoms. The standard InChI is InChI=1S/C28H29ClN4O8/c1-27(2,23(34)35)40-19-10-5-16(6-11-19)30-25(38)32-18-9-14-22(21(29)15-18)33-26(39)31-17-7-12-20(13-8-17)41-28(3,4)24(36)37/h5-15H,1-4H3,(H,34,35)(H,36,37)(H2,30,32,38)(H2,31,33,39). The van der Waals surface area contributed by atoms with Gasteiger partial charge in [-0.2, -0.15) is 0 Å². The zero-order valence-electron chi connectivity index (χ0n) is 22.6. The molecule has 3 rings (SSSR count). The first-order chi connectivity index (χ1) is 19.1. The first-order valence-electron chi connectivity index (χ1n) is 12.1. The molecule has 0 saturated heterocycles. The summed E-state index contributed by atoms with van der Waals surface area (Å²) >= 11 is 6.29. The van der Waals surface area contributed by atoms with Gasteiger partial charge in [-0.1, -0.05) is 11.6 Å². The Morgan fingerprint density at radius 1 is 0.610 bits per heavy atom. The van der Waals surface area contributed by atoms with E-state index in [9.17, 15) is 19.2 Å².